The highest BCUT2D eigenvalue weighted by atomic mass is 32.1. The molecule has 0 aliphatic heterocycles. The van der Waals surface area contributed by atoms with E-state index in [9.17, 15) is 4.79 Å². The van der Waals surface area contributed by atoms with E-state index in [0.29, 0.717) is 5.56 Å². The highest BCUT2D eigenvalue weighted by Gasteiger charge is 2.07. The Morgan fingerprint density at radius 2 is 1.84 bits per heavy atom. The number of nitrogens with one attached hydrogen (secondary N) is 1. The Balaban J connectivity index is 1.99. The van der Waals surface area contributed by atoms with Crippen LogP contribution in [0.2, 0.25) is 0 Å². The molecule has 1 aromatic heterocycles. The topological polar surface area (TPSA) is 62.2 Å². The molecule has 0 unspecified atom stereocenters. The van der Waals surface area contributed by atoms with E-state index in [1.165, 1.54) is 0 Å². The number of para-hydroxylation sites is 1. The van der Waals surface area contributed by atoms with Gasteiger partial charge in [-0.2, -0.15) is 0 Å². The molecule has 5 heteroatoms. The predicted octanol–water partition coefficient (Wildman–Crippen LogP) is 3.08. The number of hydroxylamine groups is 1. The molecule has 0 saturated heterocycles. The van der Waals surface area contributed by atoms with Gasteiger partial charge in [-0.3, -0.25) is 10.0 Å². The van der Waals surface area contributed by atoms with Crippen LogP contribution in [-0.2, 0) is 0 Å². The van der Waals surface area contributed by atoms with Crippen molar-refractivity contribution in [1.82, 2.24) is 10.5 Å². The molecule has 19 heavy (non-hydrogen) atoms. The lowest BCUT2D eigenvalue weighted by atomic mass is 10.1. The quantitative estimate of drug-likeness (QED) is 0.555. The van der Waals surface area contributed by atoms with E-state index < -0.39 is 5.91 Å². The maximum Gasteiger partial charge on any atom is 0.274 e. The number of hydrogen-bond acceptors (Lipinski definition) is 4. The summed E-state index contributed by atoms with van der Waals surface area (Å²) in [7, 11) is 0. The number of carbonyl (C=O) groups excluding carboxylic acids is 1. The van der Waals surface area contributed by atoms with Crippen molar-refractivity contribution in [3.8, 4) is 10.6 Å². The number of benzene rings is 2. The van der Waals surface area contributed by atoms with Gasteiger partial charge in [0, 0.05) is 11.1 Å². The molecule has 0 bridgehead atoms. The summed E-state index contributed by atoms with van der Waals surface area (Å²) >= 11 is 1.61. The zero-order valence-corrected chi connectivity index (χ0v) is 10.6. The monoisotopic (exact) mass is 270 g/mol. The standard InChI is InChI=1S/C14H10N2O2S/c17-13(16-18)9-5-7-10(8-6-9)14-15-11-3-1-2-4-12(11)19-14/h1-8,18H,(H,16,17). The van der Waals surface area contributed by atoms with Gasteiger partial charge in [-0.1, -0.05) is 24.3 Å². The molecular formula is C14H10N2O2S. The fourth-order valence-corrected chi connectivity index (χ4v) is 2.80. The summed E-state index contributed by atoms with van der Waals surface area (Å²) in [6.07, 6.45) is 0. The van der Waals surface area contributed by atoms with Crippen molar-refractivity contribution in [2.75, 3.05) is 0 Å². The Morgan fingerprint density at radius 1 is 1.11 bits per heavy atom. The minimum Gasteiger partial charge on any atom is -0.288 e. The zero-order chi connectivity index (χ0) is 13.2. The molecule has 0 saturated carbocycles. The van der Waals surface area contributed by atoms with Crippen molar-refractivity contribution < 1.29 is 10.0 Å². The number of aromatic nitrogens is 1. The summed E-state index contributed by atoms with van der Waals surface area (Å²) in [4.78, 5) is 15.8. The molecule has 2 aromatic carbocycles. The van der Waals surface area contributed by atoms with Gasteiger partial charge >= 0.3 is 0 Å². The average Bonchev–Trinajstić information content (AvgIpc) is 2.90. The maximum absolute atomic E-state index is 11.2. The minimum atomic E-state index is -0.518. The number of carbonyl (C=O) groups is 1. The molecule has 0 atom stereocenters. The SMILES string of the molecule is O=C(NO)c1ccc(-c2nc3ccccc3s2)cc1. The summed E-state index contributed by atoms with van der Waals surface area (Å²) in [5.74, 6) is -0.518. The molecule has 3 rings (SSSR count). The van der Waals surface area contributed by atoms with Crippen molar-refractivity contribution in [2.24, 2.45) is 0 Å². The summed E-state index contributed by atoms with van der Waals surface area (Å²) in [5.41, 5.74) is 3.95. The first-order valence-electron chi connectivity index (χ1n) is 5.68. The summed E-state index contributed by atoms with van der Waals surface area (Å²) in [6.45, 7) is 0. The molecule has 0 radical (unpaired) electrons. The zero-order valence-electron chi connectivity index (χ0n) is 9.83. The first-order chi connectivity index (χ1) is 9.28. The second-order valence-electron chi connectivity index (χ2n) is 4.01. The van der Waals surface area contributed by atoms with Crippen LogP contribution in [0.4, 0.5) is 0 Å². The molecule has 0 aliphatic rings. The predicted molar refractivity (Wildman–Crippen MR) is 74.3 cm³/mol. The van der Waals surface area contributed by atoms with Gasteiger partial charge in [-0.15, -0.1) is 11.3 Å². The van der Waals surface area contributed by atoms with Crippen LogP contribution in [0.15, 0.2) is 48.5 Å². The van der Waals surface area contributed by atoms with Crippen LogP contribution in [0.25, 0.3) is 20.8 Å². The van der Waals surface area contributed by atoms with Crippen LogP contribution in [0.3, 0.4) is 0 Å². The Labute approximate surface area is 113 Å². The third-order valence-corrected chi connectivity index (χ3v) is 3.87. The number of nitrogens with zero attached hydrogens (tertiary/aromatic N) is 1. The van der Waals surface area contributed by atoms with Gasteiger partial charge < -0.3 is 0 Å². The fourth-order valence-electron chi connectivity index (χ4n) is 1.82. The smallest absolute Gasteiger partial charge is 0.274 e. The number of amides is 1. The molecule has 1 heterocycles. The van der Waals surface area contributed by atoms with Crippen molar-refractivity contribution in [3.63, 3.8) is 0 Å². The number of hydrogen-bond donors (Lipinski definition) is 2. The van der Waals surface area contributed by atoms with Gasteiger partial charge in [0.25, 0.3) is 5.91 Å². The normalized spacial score (nSPS) is 10.6. The summed E-state index contributed by atoms with van der Waals surface area (Å²) in [6, 6.07) is 14.9. The molecule has 1 amide bonds. The van der Waals surface area contributed by atoms with E-state index in [4.69, 9.17) is 5.21 Å². The fraction of sp³-hybridized carbons (Fsp3) is 0. The van der Waals surface area contributed by atoms with E-state index >= 15 is 0 Å². The van der Waals surface area contributed by atoms with Crippen molar-refractivity contribution in [1.29, 1.82) is 0 Å². The Morgan fingerprint density at radius 3 is 2.53 bits per heavy atom. The lowest BCUT2D eigenvalue weighted by molar-refractivity contribution is 0.0706. The van der Waals surface area contributed by atoms with Crippen LogP contribution in [0.5, 0.6) is 0 Å². The molecular weight excluding hydrogens is 260 g/mol. The Hall–Kier alpha value is -2.24. The molecule has 3 aromatic rings. The maximum atomic E-state index is 11.2. The van der Waals surface area contributed by atoms with E-state index in [1.54, 1.807) is 28.9 Å². The molecule has 2 N–H and O–H groups in total. The Kier molecular flexibility index (Phi) is 2.98. The third-order valence-electron chi connectivity index (χ3n) is 2.79. The highest BCUT2D eigenvalue weighted by molar-refractivity contribution is 7.21. The van der Waals surface area contributed by atoms with Gasteiger partial charge in [0.05, 0.1) is 10.2 Å². The molecule has 0 aliphatic carbocycles. The first kappa shape index (κ1) is 11.8. The van der Waals surface area contributed by atoms with E-state index in [0.717, 1.165) is 20.8 Å². The molecule has 0 fully saturated rings. The Bertz CT molecular complexity index is 702. The van der Waals surface area contributed by atoms with Crippen LogP contribution in [0, 0.1) is 0 Å². The van der Waals surface area contributed by atoms with Crippen molar-refractivity contribution in [2.45, 2.75) is 0 Å². The van der Waals surface area contributed by atoms with Gasteiger partial charge in [0.2, 0.25) is 0 Å². The average molecular weight is 270 g/mol. The van der Waals surface area contributed by atoms with Gasteiger partial charge in [0.15, 0.2) is 0 Å². The van der Waals surface area contributed by atoms with E-state index in [-0.39, 0.29) is 0 Å². The van der Waals surface area contributed by atoms with Crippen LogP contribution >= 0.6 is 11.3 Å². The van der Waals surface area contributed by atoms with Gasteiger partial charge in [0.1, 0.15) is 5.01 Å². The molecule has 4 nitrogen and oxygen atoms in total. The van der Waals surface area contributed by atoms with Crippen molar-refractivity contribution in [3.05, 3.63) is 54.1 Å². The van der Waals surface area contributed by atoms with Crippen LogP contribution in [0.1, 0.15) is 10.4 Å². The second kappa shape index (κ2) is 4.79. The van der Waals surface area contributed by atoms with Gasteiger partial charge in [-0.25, -0.2) is 10.5 Å². The van der Waals surface area contributed by atoms with Gasteiger partial charge in [-0.05, 0) is 24.3 Å². The number of thiazole rings is 1. The van der Waals surface area contributed by atoms with Crippen molar-refractivity contribution >= 4 is 27.5 Å². The first-order valence-corrected chi connectivity index (χ1v) is 6.50. The van der Waals surface area contributed by atoms with E-state index in [2.05, 4.69) is 4.98 Å². The highest BCUT2D eigenvalue weighted by Crippen LogP contribution is 2.29. The number of fused-ring (bicyclic) bond motifs is 1. The summed E-state index contributed by atoms with van der Waals surface area (Å²) < 4.78 is 1.13. The second-order valence-corrected chi connectivity index (χ2v) is 5.04. The van der Waals surface area contributed by atoms with E-state index in [1.807, 2.05) is 36.4 Å². The third kappa shape index (κ3) is 2.21. The van der Waals surface area contributed by atoms with Crippen LogP contribution in [-0.4, -0.2) is 16.1 Å². The molecule has 94 valence electrons. The summed E-state index contributed by atoms with van der Waals surface area (Å²) in [5, 5.41) is 9.47. The van der Waals surface area contributed by atoms with Crippen LogP contribution < -0.4 is 5.48 Å². The largest absolute Gasteiger partial charge is 0.288 e. The minimum absolute atomic E-state index is 0.410. The lowest BCUT2D eigenvalue weighted by Gasteiger charge is -1.99. The number of rotatable bonds is 2. The molecule has 0 spiro atoms. The lowest BCUT2D eigenvalue weighted by Crippen LogP contribution is -2.18.